The van der Waals surface area contributed by atoms with E-state index in [0.717, 1.165) is 5.52 Å². The molecule has 9 heteroatoms. The summed E-state index contributed by atoms with van der Waals surface area (Å²) in [5.41, 5.74) is 7.67. The third-order valence-electron chi connectivity index (χ3n) is 4.01. The Morgan fingerprint density at radius 3 is 2.70 bits per heavy atom. The van der Waals surface area contributed by atoms with E-state index in [1.54, 1.807) is 30.3 Å². The summed E-state index contributed by atoms with van der Waals surface area (Å²) in [5, 5.41) is 2.50. The highest BCUT2D eigenvalue weighted by Gasteiger charge is 2.18. The van der Waals surface area contributed by atoms with Gasteiger partial charge in [-0.15, -0.1) is 0 Å². The van der Waals surface area contributed by atoms with Gasteiger partial charge >= 0.3 is 6.03 Å². The highest BCUT2D eigenvalue weighted by Crippen LogP contribution is 2.32. The number of fused-ring (bicyclic) bond motifs is 1. The first-order chi connectivity index (χ1) is 12.8. The molecule has 1 aromatic heterocycles. The molecule has 3 rings (SSSR count). The molecule has 4 N–H and O–H groups in total. The molecule has 0 fully saturated rings. The zero-order valence-electron chi connectivity index (χ0n) is 14.9. The van der Waals surface area contributed by atoms with E-state index >= 15 is 0 Å². The van der Waals surface area contributed by atoms with Crippen LogP contribution in [0.15, 0.2) is 41.3 Å². The minimum Gasteiger partial charge on any atom is -0.496 e. The van der Waals surface area contributed by atoms with Crippen LogP contribution >= 0.6 is 0 Å². The van der Waals surface area contributed by atoms with E-state index in [1.165, 1.54) is 13.2 Å². The number of carbonyl (C=O) groups excluding carboxylic acids is 1. The van der Waals surface area contributed by atoms with Crippen molar-refractivity contribution in [2.75, 3.05) is 18.2 Å². The van der Waals surface area contributed by atoms with Crippen LogP contribution in [0, 0.1) is 0 Å². The molecule has 0 aliphatic carbocycles. The van der Waals surface area contributed by atoms with Gasteiger partial charge in [0.25, 0.3) is 0 Å². The fourth-order valence-corrected chi connectivity index (χ4v) is 4.14. The number of carbonyl (C=O) groups is 1. The largest absolute Gasteiger partial charge is 0.496 e. The molecule has 0 aliphatic heterocycles. The third kappa shape index (κ3) is 3.87. The van der Waals surface area contributed by atoms with Crippen LogP contribution in [0.1, 0.15) is 13.3 Å². The number of aromatic amines is 1. The number of hydrogen-bond donors (Lipinski definition) is 3. The second-order valence-corrected chi connectivity index (χ2v) is 8.10. The molecular formula is C18H20N4O4S. The van der Waals surface area contributed by atoms with E-state index in [-0.39, 0.29) is 10.6 Å². The molecule has 0 saturated heterocycles. The number of nitrogens with zero attached hydrogens (tertiary/aromatic N) is 1. The Kier molecular flexibility index (Phi) is 5.04. The van der Waals surface area contributed by atoms with Crippen molar-refractivity contribution in [1.82, 2.24) is 9.97 Å². The molecule has 0 spiro atoms. The Bertz CT molecular complexity index is 1110. The van der Waals surface area contributed by atoms with Gasteiger partial charge in [-0.05, 0) is 42.8 Å². The zero-order valence-corrected chi connectivity index (χ0v) is 15.8. The number of methoxy groups -OCH3 is 1. The fraction of sp³-hybridized carbons (Fsp3) is 0.222. The summed E-state index contributed by atoms with van der Waals surface area (Å²) >= 11 is 0. The number of nitrogens with one attached hydrogen (secondary N) is 2. The van der Waals surface area contributed by atoms with Crippen molar-refractivity contribution in [3.8, 4) is 17.1 Å². The van der Waals surface area contributed by atoms with Crippen molar-refractivity contribution in [2.24, 2.45) is 5.73 Å². The lowest BCUT2D eigenvalue weighted by Gasteiger charge is -2.09. The molecule has 0 aliphatic rings. The standard InChI is InChI=1S/C18H20N4O4S/c1-3-8-27(24,25)12-5-6-13(16(10-12)26-2)17-21-14-7-4-11(20-18(19)23)9-15(14)22-17/h4-7,9-10H,3,8H2,1-2H3,(H,21,22)(H3,19,20,23). The molecule has 0 bridgehead atoms. The van der Waals surface area contributed by atoms with Gasteiger partial charge in [0, 0.05) is 5.69 Å². The highest BCUT2D eigenvalue weighted by atomic mass is 32.2. The molecule has 2 aromatic carbocycles. The molecule has 2 amide bonds. The second-order valence-electron chi connectivity index (χ2n) is 5.99. The number of benzene rings is 2. The number of primary amides is 1. The molecule has 3 aromatic rings. The predicted octanol–water partition coefficient (Wildman–Crippen LogP) is 2.91. The summed E-state index contributed by atoms with van der Waals surface area (Å²) in [6.45, 7) is 1.82. The molecule has 27 heavy (non-hydrogen) atoms. The average molecular weight is 388 g/mol. The van der Waals surface area contributed by atoms with Crippen molar-refractivity contribution in [3.05, 3.63) is 36.4 Å². The topological polar surface area (TPSA) is 127 Å². The average Bonchev–Trinajstić information content (AvgIpc) is 3.03. The van der Waals surface area contributed by atoms with Crippen LogP contribution in [0.3, 0.4) is 0 Å². The maximum atomic E-state index is 12.3. The van der Waals surface area contributed by atoms with E-state index in [2.05, 4.69) is 15.3 Å². The van der Waals surface area contributed by atoms with Gasteiger partial charge in [0.1, 0.15) is 11.6 Å². The molecule has 1 heterocycles. The summed E-state index contributed by atoms with van der Waals surface area (Å²) < 4.78 is 30.0. The van der Waals surface area contributed by atoms with Crippen LogP contribution in [-0.4, -0.2) is 37.3 Å². The van der Waals surface area contributed by atoms with Crippen LogP contribution in [0.25, 0.3) is 22.4 Å². The lowest BCUT2D eigenvalue weighted by atomic mass is 10.2. The number of urea groups is 1. The van der Waals surface area contributed by atoms with Gasteiger partial charge in [0.05, 0.1) is 34.4 Å². The number of rotatable bonds is 6. The van der Waals surface area contributed by atoms with Crippen molar-refractivity contribution in [1.29, 1.82) is 0 Å². The van der Waals surface area contributed by atoms with E-state index in [4.69, 9.17) is 10.5 Å². The smallest absolute Gasteiger partial charge is 0.316 e. The molecule has 142 valence electrons. The van der Waals surface area contributed by atoms with Gasteiger partial charge in [-0.2, -0.15) is 0 Å². The van der Waals surface area contributed by atoms with Crippen LogP contribution in [0.2, 0.25) is 0 Å². The monoisotopic (exact) mass is 388 g/mol. The third-order valence-corrected chi connectivity index (χ3v) is 5.93. The van der Waals surface area contributed by atoms with E-state index < -0.39 is 15.9 Å². The lowest BCUT2D eigenvalue weighted by Crippen LogP contribution is -2.19. The van der Waals surface area contributed by atoms with Gasteiger partial charge in [-0.3, -0.25) is 0 Å². The van der Waals surface area contributed by atoms with E-state index in [1.807, 2.05) is 6.92 Å². The fourth-order valence-electron chi connectivity index (χ4n) is 2.80. The summed E-state index contributed by atoms with van der Waals surface area (Å²) in [6, 6.07) is 9.23. The molecule has 0 atom stereocenters. The number of hydrogen-bond acceptors (Lipinski definition) is 5. The second kappa shape index (κ2) is 7.28. The van der Waals surface area contributed by atoms with Crippen LogP contribution < -0.4 is 15.8 Å². The van der Waals surface area contributed by atoms with Crippen molar-refractivity contribution in [3.63, 3.8) is 0 Å². The molecule has 0 saturated carbocycles. The Morgan fingerprint density at radius 2 is 2.04 bits per heavy atom. The Hall–Kier alpha value is -3.07. The van der Waals surface area contributed by atoms with Crippen LogP contribution in [0.4, 0.5) is 10.5 Å². The zero-order chi connectivity index (χ0) is 19.6. The quantitative estimate of drug-likeness (QED) is 0.598. The number of nitrogens with two attached hydrogens (primary N) is 1. The number of sulfone groups is 1. The number of anilines is 1. The van der Waals surface area contributed by atoms with Gasteiger partial charge in [0.2, 0.25) is 0 Å². The number of imidazole rings is 1. The minimum absolute atomic E-state index is 0.0791. The summed E-state index contributed by atoms with van der Waals surface area (Å²) in [5.74, 6) is 1.01. The Morgan fingerprint density at radius 1 is 1.26 bits per heavy atom. The Labute approximate surface area is 156 Å². The van der Waals surface area contributed by atoms with Crippen molar-refractivity contribution >= 4 is 32.6 Å². The van der Waals surface area contributed by atoms with Gasteiger partial charge in [0.15, 0.2) is 9.84 Å². The first-order valence-electron chi connectivity index (χ1n) is 8.31. The van der Waals surface area contributed by atoms with Gasteiger partial charge in [-0.25, -0.2) is 18.2 Å². The van der Waals surface area contributed by atoms with Gasteiger partial charge < -0.3 is 20.8 Å². The Balaban J connectivity index is 2.04. The number of ether oxygens (including phenoxy) is 1. The minimum atomic E-state index is -3.35. The number of amides is 2. The number of H-pyrrole nitrogens is 1. The van der Waals surface area contributed by atoms with E-state index in [0.29, 0.717) is 34.8 Å². The SMILES string of the molecule is CCCS(=O)(=O)c1ccc(-c2nc3cc(NC(N)=O)ccc3[nH]2)c(OC)c1. The van der Waals surface area contributed by atoms with E-state index in [9.17, 15) is 13.2 Å². The number of aromatic nitrogens is 2. The molecule has 0 unspecified atom stereocenters. The summed E-state index contributed by atoms with van der Waals surface area (Å²) in [4.78, 5) is 18.9. The summed E-state index contributed by atoms with van der Waals surface area (Å²) in [7, 11) is -1.87. The normalized spacial score (nSPS) is 11.5. The van der Waals surface area contributed by atoms with Crippen LogP contribution in [-0.2, 0) is 9.84 Å². The van der Waals surface area contributed by atoms with Crippen molar-refractivity contribution in [2.45, 2.75) is 18.2 Å². The maximum Gasteiger partial charge on any atom is 0.316 e. The molecule has 0 radical (unpaired) electrons. The lowest BCUT2D eigenvalue weighted by molar-refractivity contribution is 0.259. The summed E-state index contributed by atoms with van der Waals surface area (Å²) in [6.07, 6.45) is 0.539. The first kappa shape index (κ1) is 18.7. The predicted molar refractivity (Wildman–Crippen MR) is 104 cm³/mol. The van der Waals surface area contributed by atoms with Crippen molar-refractivity contribution < 1.29 is 17.9 Å². The highest BCUT2D eigenvalue weighted by molar-refractivity contribution is 7.91. The van der Waals surface area contributed by atoms with Gasteiger partial charge in [-0.1, -0.05) is 6.92 Å². The van der Waals surface area contributed by atoms with Crippen LogP contribution in [0.5, 0.6) is 5.75 Å². The molecular weight excluding hydrogens is 368 g/mol. The maximum absolute atomic E-state index is 12.3. The molecule has 8 nitrogen and oxygen atoms in total. The first-order valence-corrected chi connectivity index (χ1v) is 9.96.